The number of nitriles is 1. The molecule has 1 aromatic carbocycles. The number of aromatic nitrogens is 2. The maximum atomic E-state index is 12.6. The first-order chi connectivity index (χ1) is 12.4. The molecular weight excluding hydrogens is 332 g/mol. The molecule has 0 bridgehead atoms. The molecule has 0 fully saturated rings. The standard InChI is InChI=1S/C19H20N4O3/c1-19(2)5-6-23-17(26-19)9-15(22-23)18(24)21-14-8-13-7-12(10-20)3-4-16(13)25-11-14/h3-4,7,9,14H,5-6,8,11H2,1-2H3,(H,21,24)/t14-/m1/s1. The number of nitrogens with zero attached hydrogens (tertiary/aromatic N) is 3. The van der Waals surface area contributed by atoms with Gasteiger partial charge in [0.1, 0.15) is 18.0 Å². The summed E-state index contributed by atoms with van der Waals surface area (Å²) in [6, 6.07) is 8.97. The molecule has 0 unspecified atom stereocenters. The van der Waals surface area contributed by atoms with Gasteiger partial charge in [0.25, 0.3) is 5.91 Å². The monoisotopic (exact) mass is 352 g/mol. The Morgan fingerprint density at radius 2 is 2.27 bits per heavy atom. The van der Waals surface area contributed by atoms with E-state index in [1.165, 1.54) is 0 Å². The molecule has 1 aromatic heterocycles. The number of rotatable bonds is 2. The molecule has 2 aliphatic rings. The van der Waals surface area contributed by atoms with Crippen LogP contribution in [0.3, 0.4) is 0 Å². The largest absolute Gasteiger partial charge is 0.491 e. The zero-order valence-electron chi connectivity index (χ0n) is 14.8. The van der Waals surface area contributed by atoms with Crippen LogP contribution in [0.2, 0.25) is 0 Å². The third-order valence-corrected chi connectivity index (χ3v) is 4.71. The molecule has 0 aliphatic carbocycles. The van der Waals surface area contributed by atoms with E-state index in [2.05, 4.69) is 16.5 Å². The van der Waals surface area contributed by atoms with Crippen LogP contribution in [0.5, 0.6) is 11.6 Å². The summed E-state index contributed by atoms with van der Waals surface area (Å²) < 4.78 is 13.3. The lowest BCUT2D eigenvalue weighted by Crippen LogP contribution is -2.42. The van der Waals surface area contributed by atoms with Crippen LogP contribution >= 0.6 is 0 Å². The number of amides is 1. The molecule has 0 saturated carbocycles. The van der Waals surface area contributed by atoms with Gasteiger partial charge in [0.2, 0.25) is 5.88 Å². The summed E-state index contributed by atoms with van der Waals surface area (Å²) >= 11 is 0. The normalized spacial score (nSPS) is 20.0. The van der Waals surface area contributed by atoms with Crippen molar-refractivity contribution >= 4 is 5.91 Å². The Hall–Kier alpha value is -3.01. The summed E-state index contributed by atoms with van der Waals surface area (Å²) in [6.45, 7) is 5.17. The Morgan fingerprint density at radius 3 is 3.08 bits per heavy atom. The minimum Gasteiger partial charge on any atom is -0.491 e. The van der Waals surface area contributed by atoms with E-state index >= 15 is 0 Å². The highest BCUT2D eigenvalue weighted by Gasteiger charge is 2.30. The van der Waals surface area contributed by atoms with Crippen molar-refractivity contribution in [1.29, 1.82) is 5.26 Å². The zero-order chi connectivity index (χ0) is 18.3. The summed E-state index contributed by atoms with van der Waals surface area (Å²) in [5.41, 5.74) is 1.60. The van der Waals surface area contributed by atoms with Crippen molar-refractivity contribution < 1.29 is 14.3 Å². The number of carbonyl (C=O) groups excluding carboxylic acids is 1. The number of fused-ring (bicyclic) bond motifs is 2. The van der Waals surface area contributed by atoms with Crippen LogP contribution in [0.15, 0.2) is 24.3 Å². The van der Waals surface area contributed by atoms with Crippen LogP contribution in [-0.4, -0.2) is 33.9 Å². The van der Waals surface area contributed by atoms with Gasteiger partial charge in [0.15, 0.2) is 5.69 Å². The molecule has 1 atom stereocenters. The van der Waals surface area contributed by atoms with Crippen molar-refractivity contribution in [2.75, 3.05) is 6.61 Å². The van der Waals surface area contributed by atoms with Crippen LogP contribution in [-0.2, 0) is 13.0 Å². The average molecular weight is 352 g/mol. The lowest BCUT2D eigenvalue weighted by atomic mass is 10.0. The second kappa shape index (κ2) is 6.06. The number of carbonyl (C=O) groups is 1. The van der Waals surface area contributed by atoms with Gasteiger partial charge in [0, 0.05) is 19.0 Å². The lowest BCUT2D eigenvalue weighted by Gasteiger charge is -2.30. The molecule has 1 N–H and O–H groups in total. The predicted molar refractivity (Wildman–Crippen MR) is 93.2 cm³/mol. The molecule has 0 saturated heterocycles. The highest BCUT2D eigenvalue weighted by molar-refractivity contribution is 5.92. The van der Waals surface area contributed by atoms with Crippen LogP contribution in [0.4, 0.5) is 0 Å². The summed E-state index contributed by atoms with van der Waals surface area (Å²) in [5.74, 6) is 1.14. The van der Waals surface area contributed by atoms with Gasteiger partial charge in [-0.15, -0.1) is 0 Å². The van der Waals surface area contributed by atoms with Gasteiger partial charge < -0.3 is 14.8 Å². The quantitative estimate of drug-likeness (QED) is 0.893. The van der Waals surface area contributed by atoms with E-state index in [4.69, 9.17) is 14.7 Å². The first-order valence-corrected chi connectivity index (χ1v) is 8.67. The summed E-state index contributed by atoms with van der Waals surface area (Å²) in [7, 11) is 0. The van der Waals surface area contributed by atoms with E-state index in [-0.39, 0.29) is 17.6 Å². The first kappa shape index (κ1) is 16.5. The van der Waals surface area contributed by atoms with Crippen LogP contribution in [0.1, 0.15) is 41.9 Å². The molecule has 3 heterocycles. The van der Waals surface area contributed by atoms with E-state index in [9.17, 15) is 4.79 Å². The number of aryl methyl sites for hydroxylation is 1. The van der Waals surface area contributed by atoms with E-state index in [1.807, 2.05) is 13.8 Å². The van der Waals surface area contributed by atoms with Crippen molar-refractivity contribution in [2.45, 2.75) is 44.9 Å². The molecule has 7 heteroatoms. The van der Waals surface area contributed by atoms with Gasteiger partial charge in [-0.25, -0.2) is 4.68 Å². The third kappa shape index (κ3) is 3.10. The molecule has 0 radical (unpaired) electrons. The highest BCUT2D eigenvalue weighted by Crippen LogP contribution is 2.29. The number of ether oxygens (including phenoxy) is 2. The molecule has 2 aliphatic heterocycles. The van der Waals surface area contributed by atoms with Gasteiger partial charge in [-0.2, -0.15) is 10.4 Å². The van der Waals surface area contributed by atoms with E-state index in [0.717, 1.165) is 24.3 Å². The Morgan fingerprint density at radius 1 is 1.42 bits per heavy atom. The minimum absolute atomic E-state index is 0.167. The molecule has 26 heavy (non-hydrogen) atoms. The lowest BCUT2D eigenvalue weighted by molar-refractivity contribution is 0.0535. The van der Waals surface area contributed by atoms with E-state index in [0.29, 0.717) is 30.2 Å². The van der Waals surface area contributed by atoms with Crippen LogP contribution in [0, 0.1) is 11.3 Å². The number of hydrogen-bond acceptors (Lipinski definition) is 5. The molecule has 7 nitrogen and oxygen atoms in total. The third-order valence-electron chi connectivity index (χ3n) is 4.71. The number of hydrogen-bond donors (Lipinski definition) is 1. The fraction of sp³-hybridized carbons (Fsp3) is 0.421. The summed E-state index contributed by atoms with van der Waals surface area (Å²) in [5, 5.41) is 16.3. The van der Waals surface area contributed by atoms with Gasteiger partial charge >= 0.3 is 0 Å². The second-order valence-electron chi connectivity index (χ2n) is 7.32. The molecule has 134 valence electrons. The second-order valence-corrected chi connectivity index (χ2v) is 7.32. The average Bonchev–Trinajstić information content (AvgIpc) is 3.03. The van der Waals surface area contributed by atoms with Crippen molar-refractivity contribution in [2.24, 2.45) is 0 Å². The molecular formula is C19H20N4O3. The smallest absolute Gasteiger partial charge is 0.272 e. The summed E-state index contributed by atoms with van der Waals surface area (Å²) in [4.78, 5) is 12.6. The van der Waals surface area contributed by atoms with Crippen molar-refractivity contribution in [3.05, 3.63) is 41.1 Å². The fourth-order valence-corrected chi connectivity index (χ4v) is 3.28. The van der Waals surface area contributed by atoms with Crippen molar-refractivity contribution in [1.82, 2.24) is 15.1 Å². The Bertz CT molecular complexity index is 910. The Balaban J connectivity index is 1.46. The first-order valence-electron chi connectivity index (χ1n) is 8.67. The molecule has 1 amide bonds. The highest BCUT2D eigenvalue weighted by atomic mass is 16.5. The topological polar surface area (TPSA) is 89.2 Å². The van der Waals surface area contributed by atoms with Gasteiger partial charge in [-0.3, -0.25) is 4.79 Å². The van der Waals surface area contributed by atoms with Crippen molar-refractivity contribution in [3.63, 3.8) is 0 Å². The summed E-state index contributed by atoms with van der Waals surface area (Å²) in [6.07, 6.45) is 1.46. The predicted octanol–water partition coefficient (Wildman–Crippen LogP) is 2.05. The van der Waals surface area contributed by atoms with Crippen LogP contribution < -0.4 is 14.8 Å². The van der Waals surface area contributed by atoms with Crippen LogP contribution in [0.25, 0.3) is 0 Å². The van der Waals surface area contributed by atoms with Gasteiger partial charge in [0.05, 0.1) is 17.7 Å². The van der Waals surface area contributed by atoms with Gasteiger partial charge in [-0.05, 0) is 44.0 Å². The number of benzene rings is 1. The maximum Gasteiger partial charge on any atom is 0.272 e. The van der Waals surface area contributed by atoms with E-state index in [1.54, 1.807) is 28.9 Å². The fourth-order valence-electron chi connectivity index (χ4n) is 3.28. The minimum atomic E-state index is -0.248. The van der Waals surface area contributed by atoms with Crippen molar-refractivity contribution in [3.8, 4) is 17.7 Å². The molecule has 0 spiro atoms. The zero-order valence-corrected chi connectivity index (χ0v) is 14.8. The van der Waals surface area contributed by atoms with Gasteiger partial charge in [-0.1, -0.05) is 0 Å². The number of nitrogens with one attached hydrogen (secondary N) is 1. The molecule has 2 aromatic rings. The van der Waals surface area contributed by atoms with E-state index < -0.39 is 0 Å². The Kier molecular flexibility index (Phi) is 3.83. The maximum absolute atomic E-state index is 12.6. The molecule has 4 rings (SSSR count). The SMILES string of the molecule is CC1(C)CCn2nc(C(=O)N[C@H]3COc4ccc(C#N)cc4C3)cc2O1. The Labute approximate surface area is 151 Å².